The lowest BCUT2D eigenvalue weighted by Crippen LogP contribution is -2.63. The largest absolute Gasteiger partial charge is 0.467 e. The zero-order chi connectivity index (χ0) is 22.4. The van der Waals surface area contributed by atoms with Gasteiger partial charge in [-0.2, -0.15) is 0 Å². The number of methoxy groups -OCH3 is 1. The first-order valence-corrected chi connectivity index (χ1v) is 10.6. The van der Waals surface area contributed by atoms with Gasteiger partial charge in [0.15, 0.2) is 0 Å². The van der Waals surface area contributed by atoms with E-state index >= 15 is 0 Å². The minimum atomic E-state index is -0.971. The second-order valence-electron chi connectivity index (χ2n) is 8.01. The minimum absolute atomic E-state index is 0.0651. The zero-order valence-electron chi connectivity index (χ0n) is 18.0. The summed E-state index contributed by atoms with van der Waals surface area (Å²) in [6.07, 6.45) is 2.03. The Morgan fingerprint density at radius 1 is 1.23 bits per heavy atom. The molecule has 3 rings (SSSR count). The molecule has 2 fully saturated rings. The molecule has 31 heavy (non-hydrogen) atoms. The maximum absolute atomic E-state index is 13.3. The third-order valence-electron chi connectivity index (χ3n) is 5.93. The molecule has 1 saturated heterocycles. The Bertz CT molecular complexity index is 824. The summed E-state index contributed by atoms with van der Waals surface area (Å²) < 4.78 is 4.81. The number of rotatable bonds is 9. The molecule has 2 aliphatic rings. The smallest absolute Gasteiger partial charge is 0.328 e. The number of amides is 3. The van der Waals surface area contributed by atoms with Crippen LogP contribution in [0.4, 0.5) is 0 Å². The third-order valence-corrected chi connectivity index (χ3v) is 5.93. The van der Waals surface area contributed by atoms with Crippen molar-refractivity contribution in [3.63, 3.8) is 0 Å². The van der Waals surface area contributed by atoms with E-state index < -0.39 is 29.5 Å². The highest BCUT2D eigenvalue weighted by Gasteiger charge is 2.55. The summed E-state index contributed by atoms with van der Waals surface area (Å²) in [4.78, 5) is 51.9. The van der Waals surface area contributed by atoms with E-state index in [0.717, 1.165) is 18.4 Å². The van der Waals surface area contributed by atoms with E-state index in [-0.39, 0.29) is 24.7 Å². The van der Waals surface area contributed by atoms with Gasteiger partial charge >= 0.3 is 5.97 Å². The van der Waals surface area contributed by atoms with Gasteiger partial charge in [-0.05, 0) is 24.8 Å². The maximum atomic E-state index is 13.3. The first-order chi connectivity index (χ1) is 14.9. The van der Waals surface area contributed by atoms with Crippen LogP contribution < -0.4 is 16.0 Å². The summed E-state index contributed by atoms with van der Waals surface area (Å²) in [7, 11) is 2.74. The monoisotopic (exact) mass is 430 g/mol. The molecular weight excluding hydrogens is 400 g/mol. The Morgan fingerprint density at radius 3 is 2.55 bits per heavy atom. The van der Waals surface area contributed by atoms with E-state index in [1.54, 1.807) is 4.90 Å². The lowest BCUT2D eigenvalue weighted by atomic mass is 10.00. The molecule has 2 atom stereocenters. The van der Waals surface area contributed by atoms with Gasteiger partial charge in [-0.25, -0.2) is 4.79 Å². The van der Waals surface area contributed by atoms with Gasteiger partial charge in [0, 0.05) is 33.0 Å². The van der Waals surface area contributed by atoms with Gasteiger partial charge in [-0.3, -0.25) is 14.4 Å². The van der Waals surface area contributed by atoms with Crippen molar-refractivity contribution in [2.24, 2.45) is 0 Å². The van der Waals surface area contributed by atoms with Crippen LogP contribution in [-0.4, -0.2) is 73.5 Å². The fourth-order valence-corrected chi connectivity index (χ4v) is 3.92. The number of benzene rings is 1. The van der Waals surface area contributed by atoms with Crippen LogP contribution in [0.25, 0.3) is 0 Å². The molecule has 0 aromatic heterocycles. The molecule has 168 valence electrons. The van der Waals surface area contributed by atoms with Crippen LogP contribution in [0.2, 0.25) is 0 Å². The van der Waals surface area contributed by atoms with Crippen LogP contribution >= 0.6 is 0 Å². The van der Waals surface area contributed by atoms with Crippen LogP contribution in [0.3, 0.4) is 0 Å². The molecule has 3 N–H and O–H groups in total. The van der Waals surface area contributed by atoms with Crippen LogP contribution in [0, 0.1) is 0 Å². The molecule has 9 nitrogen and oxygen atoms in total. The summed E-state index contributed by atoms with van der Waals surface area (Å²) >= 11 is 0. The van der Waals surface area contributed by atoms with E-state index in [0.29, 0.717) is 19.5 Å². The molecular formula is C22H30N4O5. The van der Waals surface area contributed by atoms with E-state index in [9.17, 15) is 19.2 Å². The second kappa shape index (κ2) is 9.91. The standard InChI is InChI=1S/C22H30N4O5/c1-23-18(27)9-8-16(20(29)31-2)25-19(28)17(14-15-6-4-3-5-7-15)26-13-12-24-22(10-11-22)21(26)30/h3-7,16-17,24H,8-14H2,1-2H3,(H,23,27)(H,25,28)/t16-,17-/m0/s1. The highest BCUT2D eigenvalue weighted by Crippen LogP contribution is 2.39. The Kier molecular flexibility index (Phi) is 7.27. The summed E-state index contributed by atoms with van der Waals surface area (Å²) in [5.41, 5.74) is 0.368. The molecule has 1 aliphatic heterocycles. The average Bonchev–Trinajstić information content (AvgIpc) is 3.57. The number of ether oxygens (including phenoxy) is 1. The van der Waals surface area contributed by atoms with Gasteiger partial charge in [0.25, 0.3) is 0 Å². The number of esters is 1. The van der Waals surface area contributed by atoms with Gasteiger partial charge in [0.1, 0.15) is 12.1 Å². The number of nitrogens with zero attached hydrogens (tertiary/aromatic N) is 1. The number of piperazine rings is 1. The topological polar surface area (TPSA) is 117 Å². The van der Waals surface area contributed by atoms with Crippen molar-refractivity contribution >= 4 is 23.7 Å². The highest BCUT2D eigenvalue weighted by atomic mass is 16.5. The highest BCUT2D eigenvalue weighted by molar-refractivity contribution is 5.96. The van der Waals surface area contributed by atoms with Crippen LogP contribution in [0.15, 0.2) is 30.3 Å². The lowest BCUT2D eigenvalue weighted by molar-refractivity contribution is -0.148. The van der Waals surface area contributed by atoms with Crippen molar-refractivity contribution in [2.75, 3.05) is 27.2 Å². The Hall–Kier alpha value is -2.94. The van der Waals surface area contributed by atoms with Gasteiger partial charge in [-0.1, -0.05) is 30.3 Å². The van der Waals surface area contributed by atoms with Crippen molar-refractivity contribution in [2.45, 2.75) is 49.7 Å². The number of nitrogens with one attached hydrogen (secondary N) is 3. The van der Waals surface area contributed by atoms with Crippen molar-refractivity contribution < 1.29 is 23.9 Å². The molecule has 1 saturated carbocycles. The van der Waals surface area contributed by atoms with Crippen molar-refractivity contribution in [3.8, 4) is 0 Å². The van der Waals surface area contributed by atoms with Gasteiger partial charge < -0.3 is 25.6 Å². The number of carbonyl (C=O) groups excluding carboxylic acids is 4. The summed E-state index contributed by atoms with van der Waals surface area (Å²) in [5, 5.41) is 8.49. The SMILES string of the molecule is CNC(=O)CC[C@H](NC(=O)[C@H](Cc1ccccc1)N1CCNC2(CC2)C1=O)C(=O)OC. The normalized spacial score (nSPS) is 18.8. The van der Waals surface area contributed by atoms with Crippen molar-refractivity contribution in [1.82, 2.24) is 20.9 Å². The van der Waals surface area contributed by atoms with E-state index in [1.807, 2.05) is 30.3 Å². The first-order valence-electron chi connectivity index (χ1n) is 10.6. The summed E-state index contributed by atoms with van der Waals surface area (Å²) in [5.74, 6) is -1.37. The van der Waals surface area contributed by atoms with Gasteiger partial charge in [-0.15, -0.1) is 0 Å². The quantitative estimate of drug-likeness (QED) is 0.465. The molecule has 1 aromatic carbocycles. The second-order valence-corrected chi connectivity index (χ2v) is 8.01. The Morgan fingerprint density at radius 2 is 1.94 bits per heavy atom. The average molecular weight is 431 g/mol. The molecule has 1 heterocycles. The van der Waals surface area contributed by atoms with Crippen molar-refractivity contribution in [1.29, 1.82) is 0 Å². The summed E-state index contributed by atoms with van der Waals surface area (Å²) in [6, 6.07) is 7.73. The number of hydrogen-bond acceptors (Lipinski definition) is 6. The molecule has 0 unspecified atom stereocenters. The first kappa shape index (κ1) is 22.7. The lowest BCUT2D eigenvalue weighted by Gasteiger charge is -2.38. The van der Waals surface area contributed by atoms with Crippen LogP contribution in [0.1, 0.15) is 31.2 Å². The van der Waals surface area contributed by atoms with E-state index in [2.05, 4.69) is 16.0 Å². The fourth-order valence-electron chi connectivity index (χ4n) is 3.92. The third kappa shape index (κ3) is 5.41. The van der Waals surface area contributed by atoms with E-state index in [4.69, 9.17) is 4.74 Å². The van der Waals surface area contributed by atoms with Crippen LogP contribution in [-0.2, 0) is 30.3 Å². The molecule has 0 radical (unpaired) electrons. The predicted octanol–water partition coefficient (Wildman–Crippen LogP) is -0.254. The predicted molar refractivity (Wildman–Crippen MR) is 113 cm³/mol. The molecule has 1 aromatic rings. The van der Waals surface area contributed by atoms with Crippen molar-refractivity contribution in [3.05, 3.63) is 35.9 Å². The molecule has 1 spiro atoms. The molecule has 1 aliphatic carbocycles. The maximum Gasteiger partial charge on any atom is 0.328 e. The number of hydrogen-bond donors (Lipinski definition) is 3. The number of carbonyl (C=O) groups is 4. The van der Waals surface area contributed by atoms with E-state index in [1.165, 1.54) is 14.2 Å². The summed E-state index contributed by atoms with van der Waals surface area (Å²) in [6.45, 7) is 1.02. The molecule has 3 amide bonds. The Labute approximate surface area is 181 Å². The van der Waals surface area contributed by atoms with Gasteiger partial charge in [0.05, 0.1) is 12.6 Å². The van der Waals surface area contributed by atoms with Gasteiger partial charge in [0.2, 0.25) is 17.7 Å². The molecule has 0 bridgehead atoms. The van der Waals surface area contributed by atoms with Crippen LogP contribution in [0.5, 0.6) is 0 Å². The fraction of sp³-hybridized carbons (Fsp3) is 0.545. The minimum Gasteiger partial charge on any atom is -0.467 e. The zero-order valence-corrected chi connectivity index (χ0v) is 18.0. The Balaban J connectivity index is 1.79. The molecule has 9 heteroatoms.